The maximum Gasteiger partial charge on any atom is 0.107 e. The van der Waals surface area contributed by atoms with E-state index < -0.39 is 12.1 Å². The van der Waals surface area contributed by atoms with Crippen molar-refractivity contribution in [3.63, 3.8) is 0 Å². The standard InChI is InChI=1S/C15H28O5/c1-4-6-7-8-9-19-12-14(13(3)15(16)17)20-11-10-18-5-2/h14H,3-12H2,1-2H3,(H,16,17)/p-1. The Balaban J connectivity index is 3.93. The van der Waals surface area contributed by atoms with Crippen LogP contribution >= 0.6 is 0 Å². The van der Waals surface area contributed by atoms with Crippen molar-refractivity contribution in [1.29, 1.82) is 0 Å². The summed E-state index contributed by atoms with van der Waals surface area (Å²) in [5.74, 6) is -1.30. The summed E-state index contributed by atoms with van der Waals surface area (Å²) in [4.78, 5) is 10.8. The zero-order valence-electron chi connectivity index (χ0n) is 12.7. The van der Waals surface area contributed by atoms with Gasteiger partial charge >= 0.3 is 0 Å². The van der Waals surface area contributed by atoms with Crippen LogP contribution in [0.4, 0.5) is 0 Å². The molecule has 0 amide bonds. The van der Waals surface area contributed by atoms with Gasteiger partial charge in [0.05, 0.1) is 25.8 Å². The van der Waals surface area contributed by atoms with Gasteiger partial charge in [-0.15, -0.1) is 0 Å². The summed E-state index contributed by atoms with van der Waals surface area (Å²) in [5, 5.41) is 10.8. The van der Waals surface area contributed by atoms with Gasteiger partial charge in [0.15, 0.2) is 0 Å². The maximum atomic E-state index is 10.8. The molecule has 0 saturated heterocycles. The van der Waals surface area contributed by atoms with E-state index in [0.717, 1.165) is 12.8 Å². The van der Waals surface area contributed by atoms with Gasteiger partial charge in [0.25, 0.3) is 0 Å². The van der Waals surface area contributed by atoms with Crippen molar-refractivity contribution in [3.05, 3.63) is 12.2 Å². The molecule has 0 bridgehead atoms. The van der Waals surface area contributed by atoms with E-state index in [-0.39, 0.29) is 12.2 Å². The highest BCUT2D eigenvalue weighted by Gasteiger charge is 2.14. The van der Waals surface area contributed by atoms with Gasteiger partial charge in [-0.3, -0.25) is 0 Å². The molecular formula is C15H27O5-. The van der Waals surface area contributed by atoms with Gasteiger partial charge in [-0.1, -0.05) is 32.8 Å². The van der Waals surface area contributed by atoms with Crippen LogP contribution in [0.2, 0.25) is 0 Å². The van der Waals surface area contributed by atoms with Gasteiger partial charge in [-0.2, -0.15) is 0 Å². The summed E-state index contributed by atoms with van der Waals surface area (Å²) in [5.41, 5.74) is -0.0879. The number of unbranched alkanes of at least 4 members (excludes halogenated alkanes) is 3. The van der Waals surface area contributed by atoms with Crippen molar-refractivity contribution in [2.45, 2.75) is 45.6 Å². The lowest BCUT2D eigenvalue weighted by Crippen LogP contribution is -2.35. The topological polar surface area (TPSA) is 67.8 Å². The Morgan fingerprint density at radius 2 is 1.85 bits per heavy atom. The zero-order valence-corrected chi connectivity index (χ0v) is 12.7. The fourth-order valence-electron chi connectivity index (χ4n) is 1.60. The fourth-order valence-corrected chi connectivity index (χ4v) is 1.60. The molecule has 0 heterocycles. The van der Waals surface area contributed by atoms with Crippen LogP contribution in [-0.2, 0) is 19.0 Å². The quantitative estimate of drug-likeness (QED) is 0.356. The summed E-state index contributed by atoms with van der Waals surface area (Å²) in [6, 6.07) is 0. The summed E-state index contributed by atoms with van der Waals surface area (Å²) in [6.45, 7) is 9.62. The molecule has 0 rings (SSSR count). The highest BCUT2D eigenvalue weighted by atomic mass is 16.6. The monoisotopic (exact) mass is 287 g/mol. The van der Waals surface area contributed by atoms with Gasteiger partial charge in [0.1, 0.15) is 6.10 Å². The molecule has 1 atom stereocenters. The lowest BCUT2D eigenvalue weighted by atomic mass is 10.2. The predicted octanol–water partition coefficient (Wildman–Crippen LogP) is 1.31. The van der Waals surface area contributed by atoms with Crippen molar-refractivity contribution in [3.8, 4) is 0 Å². The molecule has 0 fully saturated rings. The Labute approximate surface area is 121 Å². The Bertz CT molecular complexity index is 265. The van der Waals surface area contributed by atoms with Crippen molar-refractivity contribution >= 4 is 5.97 Å². The summed E-state index contributed by atoms with van der Waals surface area (Å²) < 4.78 is 16.0. The van der Waals surface area contributed by atoms with Crippen LogP contribution in [-0.4, -0.2) is 45.1 Å². The van der Waals surface area contributed by atoms with E-state index in [1.807, 2.05) is 6.92 Å². The average Bonchev–Trinajstić information content (AvgIpc) is 2.44. The third-order valence-electron chi connectivity index (χ3n) is 2.81. The smallest absolute Gasteiger partial charge is 0.107 e. The van der Waals surface area contributed by atoms with Gasteiger partial charge in [0, 0.05) is 13.2 Å². The molecule has 1 unspecified atom stereocenters. The number of ether oxygens (including phenoxy) is 3. The number of carboxylic acids is 1. The number of carbonyl (C=O) groups excluding carboxylic acids is 1. The molecule has 5 heteroatoms. The van der Waals surface area contributed by atoms with Crippen LogP contribution < -0.4 is 5.11 Å². The van der Waals surface area contributed by atoms with E-state index in [1.54, 1.807) is 0 Å². The highest BCUT2D eigenvalue weighted by molar-refractivity contribution is 5.85. The first-order valence-electron chi connectivity index (χ1n) is 7.30. The molecule has 0 saturated carbocycles. The fraction of sp³-hybridized carbons (Fsp3) is 0.800. The van der Waals surface area contributed by atoms with E-state index in [2.05, 4.69) is 13.5 Å². The van der Waals surface area contributed by atoms with Crippen LogP contribution in [0.25, 0.3) is 0 Å². The molecule has 0 radical (unpaired) electrons. The lowest BCUT2D eigenvalue weighted by Gasteiger charge is -2.21. The minimum atomic E-state index is -1.30. The van der Waals surface area contributed by atoms with Crippen LogP contribution in [0.1, 0.15) is 39.5 Å². The summed E-state index contributed by atoms with van der Waals surface area (Å²) >= 11 is 0. The van der Waals surface area contributed by atoms with Gasteiger partial charge < -0.3 is 24.1 Å². The third kappa shape index (κ3) is 9.95. The predicted molar refractivity (Wildman–Crippen MR) is 75.3 cm³/mol. The average molecular weight is 287 g/mol. The van der Waals surface area contributed by atoms with E-state index in [9.17, 15) is 9.90 Å². The van der Waals surface area contributed by atoms with Crippen molar-refractivity contribution in [1.82, 2.24) is 0 Å². The molecular weight excluding hydrogens is 260 g/mol. The Kier molecular flexibility index (Phi) is 12.5. The molecule has 118 valence electrons. The maximum absolute atomic E-state index is 10.8. The van der Waals surface area contributed by atoms with Crippen LogP contribution in [0, 0.1) is 0 Å². The number of hydrogen-bond acceptors (Lipinski definition) is 5. The SMILES string of the molecule is C=C(C(=O)[O-])C(COCCCCCC)OCCOCC. The zero-order chi connectivity index (χ0) is 15.2. The Morgan fingerprint density at radius 3 is 2.45 bits per heavy atom. The summed E-state index contributed by atoms with van der Waals surface area (Å²) in [6.07, 6.45) is 3.77. The number of rotatable bonds is 14. The van der Waals surface area contributed by atoms with Gasteiger partial charge in [-0.05, 0) is 18.9 Å². The number of carboxylic acid groups (broad SMARTS) is 1. The molecule has 20 heavy (non-hydrogen) atoms. The molecule has 0 aliphatic carbocycles. The number of aliphatic carboxylic acids is 1. The second kappa shape index (κ2) is 13.1. The molecule has 5 nitrogen and oxygen atoms in total. The molecule has 0 aromatic rings. The molecule has 0 aliphatic heterocycles. The largest absolute Gasteiger partial charge is 0.545 e. The molecule has 0 aliphatic rings. The second-order valence-corrected chi connectivity index (χ2v) is 4.50. The Morgan fingerprint density at radius 1 is 1.10 bits per heavy atom. The van der Waals surface area contributed by atoms with E-state index in [4.69, 9.17) is 14.2 Å². The Hall–Kier alpha value is -0.910. The first kappa shape index (κ1) is 19.1. The second-order valence-electron chi connectivity index (χ2n) is 4.50. The van der Waals surface area contributed by atoms with Crippen LogP contribution in [0.3, 0.4) is 0 Å². The van der Waals surface area contributed by atoms with Crippen LogP contribution in [0.15, 0.2) is 12.2 Å². The van der Waals surface area contributed by atoms with Crippen molar-refractivity contribution in [2.24, 2.45) is 0 Å². The molecule has 0 aromatic heterocycles. The third-order valence-corrected chi connectivity index (χ3v) is 2.81. The molecule has 0 spiro atoms. The number of hydrogen-bond donors (Lipinski definition) is 0. The lowest BCUT2D eigenvalue weighted by molar-refractivity contribution is -0.300. The van der Waals surface area contributed by atoms with E-state index in [1.165, 1.54) is 12.8 Å². The highest BCUT2D eigenvalue weighted by Crippen LogP contribution is 2.06. The van der Waals surface area contributed by atoms with Crippen LogP contribution in [0.5, 0.6) is 0 Å². The van der Waals surface area contributed by atoms with E-state index >= 15 is 0 Å². The number of carbonyl (C=O) groups is 1. The van der Waals surface area contributed by atoms with Crippen molar-refractivity contribution < 1.29 is 24.1 Å². The summed E-state index contributed by atoms with van der Waals surface area (Å²) in [7, 11) is 0. The molecule has 0 N–H and O–H groups in total. The minimum absolute atomic E-state index is 0.0879. The molecule has 0 aromatic carbocycles. The van der Waals surface area contributed by atoms with Crippen molar-refractivity contribution in [2.75, 3.05) is 33.0 Å². The van der Waals surface area contributed by atoms with E-state index in [0.29, 0.717) is 26.4 Å². The first-order valence-corrected chi connectivity index (χ1v) is 7.30. The normalized spacial score (nSPS) is 12.3. The van der Waals surface area contributed by atoms with Gasteiger partial charge in [-0.25, -0.2) is 0 Å². The van der Waals surface area contributed by atoms with Gasteiger partial charge in [0.2, 0.25) is 0 Å². The first-order chi connectivity index (χ1) is 9.63. The minimum Gasteiger partial charge on any atom is -0.545 e.